The number of sulfonamides is 1. The molecule has 132 valence electrons. The molecule has 0 aromatic heterocycles. The van der Waals surface area contributed by atoms with Gasteiger partial charge in [0.25, 0.3) is 0 Å². The minimum Gasteiger partial charge on any atom is -0.465 e. The van der Waals surface area contributed by atoms with Gasteiger partial charge in [0.2, 0.25) is 10.0 Å². The van der Waals surface area contributed by atoms with Crippen molar-refractivity contribution in [1.29, 1.82) is 0 Å². The average Bonchev–Trinajstić information content (AvgIpc) is 2.46. The molecule has 24 heavy (non-hydrogen) atoms. The number of rotatable bonds is 7. The molecule has 5 nitrogen and oxygen atoms in total. The summed E-state index contributed by atoms with van der Waals surface area (Å²) in [5.41, 5.74) is 3.71. The van der Waals surface area contributed by atoms with Crippen molar-refractivity contribution < 1.29 is 17.9 Å². The zero-order valence-corrected chi connectivity index (χ0v) is 16.7. The zero-order chi connectivity index (χ0) is 18.5. The van der Waals surface area contributed by atoms with E-state index in [-0.39, 0.29) is 11.5 Å². The number of carbonyl (C=O) groups excluding carboxylic acids is 1. The summed E-state index contributed by atoms with van der Waals surface area (Å²) in [6.07, 6.45) is 0. The Kier molecular flexibility index (Phi) is 6.74. The third-order valence-corrected chi connectivity index (χ3v) is 6.93. The molecule has 0 spiro atoms. The van der Waals surface area contributed by atoms with E-state index < -0.39 is 30.1 Å². The van der Waals surface area contributed by atoms with Gasteiger partial charge in [-0.3, -0.25) is 0 Å². The van der Waals surface area contributed by atoms with E-state index in [9.17, 15) is 13.2 Å². The molecule has 1 aromatic carbocycles. The Morgan fingerprint density at radius 3 is 2.25 bits per heavy atom. The minimum absolute atomic E-state index is 0.0985. The lowest BCUT2D eigenvalue weighted by Crippen LogP contribution is -2.48. The smallest absolute Gasteiger partial charge is 0.328 e. The number of nitrogens with one attached hydrogen (secondary N) is 1. The Morgan fingerprint density at radius 1 is 1.29 bits per heavy atom. The molecule has 0 aliphatic heterocycles. The maximum atomic E-state index is 12.6. The molecule has 0 bridgehead atoms. The maximum absolute atomic E-state index is 12.6. The second-order valence-corrected chi connectivity index (χ2v) is 13.2. The Balaban J connectivity index is 3.28. The van der Waals surface area contributed by atoms with Crippen LogP contribution in [-0.2, 0) is 19.6 Å². The highest BCUT2D eigenvalue weighted by Gasteiger charge is 2.36. The van der Waals surface area contributed by atoms with Crippen molar-refractivity contribution in [2.45, 2.75) is 44.4 Å². The van der Waals surface area contributed by atoms with Crippen LogP contribution in [-0.4, -0.2) is 35.1 Å². The van der Waals surface area contributed by atoms with E-state index in [1.54, 1.807) is 19.1 Å². The van der Waals surface area contributed by atoms with Crippen LogP contribution in [0.1, 0.15) is 12.5 Å². The largest absolute Gasteiger partial charge is 0.465 e. The lowest BCUT2D eigenvalue weighted by Gasteiger charge is -2.26. The normalized spacial score (nSPS) is 13.0. The lowest BCUT2D eigenvalue weighted by atomic mass is 10.2. The van der Waals surface area contributed by atoms with Crippen LogP contribution in [0.25, 0.3) is 0 Å². The topological polar surface area (TPSA) is 72.5 Å². The Labute approximate surface area is 145 Å². The monoisotopic (exact) mass is 367 g/mol. The molecule has 0 unspecified atom stereocenters. The summed E-state index contributed by atoms with van der Waals surface area (Å²) in [4.78, 5) is 12.4. The van der Waals surface area contributed by atoms with Crippen LogP contribution >= 0.6 is 0 Å². The van der Waals surface area contributed by atoms with Crippen molar-refractivity contribution in [3.05, 3.63) is 47.3 Å². The Hall–Kier alpha value is -1.66. The summed E-state index contributed by atoms with van der Waals surface area (Å²) < 4.78 is 32.8. The summed E-state index contributed by atoms with van der Waals surface area (Å²) in [6, 6.07) is 5.31. The lowest BCUT2D eigenvalue weighted by molar-refractivity contribution is -0.143. The summed E-state index contributed by atoms with van der Waals surface area (Å²) in [6.45, 7) is 13.3. The summed E-state index contributed by atoms with van der Waals surface area (Å²) in [5.74, 6) is -0.637. The first-order valence-corrected chi connectivity index (χ1v) is 12.7. The van der Waals surface area contributed by atoms with Gasteiger partial charge in [0.15, 0.2) is 0 Å². The van der Waals surface area contributed by atoms with Gasteiger partial charge in [0.1, 0.15) is 6.04 Å². The van der Waals surface area contributed by atoms with Gasteiger partial charge < -0.3 is 4.74 Å². The number of hydrogen-bond acceptors (Lipinski definition) is 4. The molecule has 0 aliphatic rings. The van der Waals surface area contributed by atoms with Gasteiger partial charge in [-0.25, -0.2) is 13.2 Å². The fourth-order valence-corrected chi connectivity index (χ4v) is 5.04. The van der Waals surface area contributed by atoms with Crippen molar-refractivity contribution in [3.63, 3.8) is 0 Å². The van der Waals surface area contributed by atoms with Crippen LogP contribution in [0.5, 0.6) is 0 Å². The Bertz CT molecular complexity index is 742. The third-order valence-electron chi connectivity index (χ3n) is 3.41. The van der Waals surface area contributed by atoms with Gasteiger partial charge in [-0.15, -0.1) is 5.73 Å². The molecule has 0 fully saturated rings. The highest BCUT2D eigenvalue weighted by Crippen LogP contribution is 2.20. The third kappa shape index (κ3) is 5.17. The molecule has 0 heterocycles. The molecule has 0 saturated carbocycles. The van der Waals surface area contributed by atoms with Gasteiger partial charge >= 0.3 is 5.97 Å². The van der Waals surface area contributed by atoms with Gasteiger partial charge in [-0.05, 0) is 31.2 Å². The van der Waals surface area contributed by atoms with Crippen molar-refractivity contribution in [1.82, 2.24) is 4.72 Å². The summed E-state index contributed by atoms with van der Waals surface area (Å²) in [7, 11) is -5.91. The van der Waals surface area contributed by atoms with Gasteiger partial charge in [-0.2, -0.15) is 4.72 Å². The van der Waals surface area contributed by atoms with Gasteiger partial charge in [0.05, 0.1) is 19.6 Å². The van der Waals surface area contributed by atoms with Crippen LogP contribution in [0.3, 0.4) is 0 Å². The standard InChI is InChI=1S/C17H25NO4SSi/c1-7-15(24(4,5)6)16(17(19)22-8-2)18-23(20,21)14-11-9-13(3)10-12-14/h9-12,16,18H,1,8H2,2-6H3/t16-/m1/s1. The quantitative estimate of drug-likeness (QED) is 0.457. The Morgan fingerprint density at radius 2 is 1.83 bits per heavy atom. The maximum Gasteiger partial charge on any atom is 0.328 e. The second kappa shape index (κ2) is 7.94. The fraction of sp³-hybridized carbons (Fsp3) is 0.412. The molecule has 1 N–H and O–H groups in total. The van der Waals surface area contributed by atoms with E-state index in [1.807, 2.05) is 26.6 Å². The van der Waals surface area contributed by atoms with E-state index in [0.717, 1.165) is 5.56 Å². The van der Waals surface area contributed by atoms with E-state index in [0.29, 0.717) is 5.20 Å². The zero-order valence-electron chi connectivity index (χ0n) is 14.8. The van der Waals surface area contributed by atoms with Crippen molar-refractivity contribution in [2.24, 2.45) is 0 Å². The number of esters is 1. The fourth-order valence-electron chi connectivity index (χ4n) is 2.19. The molecule has 0 saturated heterocycles. The van der Waals surface area contributed by atoms with E-state index in [1.165, 1.54) is 12.1 Å². The van der Waals surface area contributed by atoms with E-state index in [2.05, 4.69) is 17.0 Å². The highest BCUT2D eigenvalue weighted by molar-refractivity contribution is 7.89. The first kappa shape index (κ1) is 20.4. The average molecular weight is 368 g/mol. The molecule has 1 atom stereocenters. The molecular weight excluding hydrogens is 342 g/mol. The number of benzene rings is 1. The van der Waals surface area contributed by atoms with Gasteiger partial charge in [-0.1, -0.05) is 43.9 Å². The highest BCUT2D eigenvalue weighted by atomic mass is 32.2. The molecular formula is C17H25NO4SSi. The molecule has 0 aliphatic carbocycles. The van der Waals surface area contributed by atoms with Crippen molar-refractivity contribution >= 4 is 24.1 Å². The predicted octanol–water partition coefficient (Wildman–Crippen LogP) is 2.79. The van der Waals surface area contributed by atoms with Crippen LogP contribution in [0.4, 0.5) is 0 Å². The molecule has 1 aromatic rings. The van der Waals surface area contributed by atoms with E-state index >= 15 is 0 Å². The van der Waals surface area contributed by atoms with Gasteiger partial charge in [0, 0.05) is 0 Å². The summed E-state index contributed by atoms with van der Waals surface area (Å²) in [5, 5.41) is 0.566. The van der Waals surface area contributed by atoms with Crippen molar-refractivity contribution in [3.8, 4) is 0 Å². The summed E-state index contributed by atoms with van der Waals surface area (Å²) >= 11 is 0. The molecule has 1 rings (SSSR count). The number of carbonyl (C=O) groups is 1. The minimum atomic E-state index is -3.87. The number of ether oxygens (including phenoxy) is 1. The number of aryl methyl sites for hydroxylation is 1. The molecule has 0 amide bonds. The molecule has 7 heteroatoms. The van der Waals surface area contributed by atoms with Crippen molar-refractivity contribution in [2.75, 3.05) is 6.61 Å². The molecule has 0 radical (unpaired) electrons. The van der Waals surface area contributed by atoms with Crippen LogP contribution in [0.2, 0.25) is 19.6 Å². The predicted molar refractivity (Wildman–Crippen MR) is 97.9 cm³/mol. The van der Waals surface area contributed by atoms with Crippen LogP contribution < -0.4 is 4.72 Å². The van der Waals surface area contributed by atoms with Crippen LogP contribution in [0, 0.1) is 6.92 Å². The van der Waals surface area contributed by atoms with Crippen LogP contribution in [0.15, 0.2) is 46.7 Å². The second-order valence-electron chi connectivity index (χ2n) is 6.46. The first-order chi connectivity index (χ1) is 11.0. The van der Waals surface area contributed by atoms with E-state index in [4.69, 9.17) is 4.74 Å². The SMILES string of the molecule is C=C=C([C@@H](NS(=O)(=O)c1ccc(C)cc1)C(=O)OCC)[Si](C)(C)C. The number of hydrogen-bond donors (Lipinski definition) is 1. The first-order valence-electron chi connectivity index (χ1n) is 7.69.